The van der Waals surface area contributed by atoms with Crippen LogP contribution in [-0.4, -0.2) is 25.2 Å². The topological polar surface area (TPSA) is 60.7 Å². The van der Waals surface area contributed by atoms with Gasteiger partial charge in [-0.2, -0.15) is 0 Å². The summed E-state index contributed by atoms with van der Waals surface area (Å²) in [4.78, 5) is 12.1. The molecule has 1 amide bonds. The fourth-order valence-corrected chi connectivity index (χ4v) is 2.96. The molecular weight excluding hydrogens is 330 g/mol. The first kappa shape index (κ1) is 18.5. The van der Waals surface area contributed by atoms with E-state index in [9.17, 15) is 4.79 Å². The molecule has 0 saturated carbocycles. The second kappa shape index (κ2) is 8.90. The maximum Gasteiger partial charge on any atom is 0.287 e. The monoisotopic (exact) mass is 357 g/mol. The van der Waals surface area contributed by atoms with Gasteiger partial charge in [0.2, 0.25) is 0 Å². The summed E-state index contributed by atoms with van der Waals surface area (Å²) in [6, 6.07) is 11.6. The molecule has 140 valence electrons. The van der Waals surface area contributed by atoms with Crippen molar-refractivity contribution in [3.8, 4) is 5.75 Å². The van der Waals surface area contributed by atoms with Crippen molar-refractivity contribution >= 4 is 5.91 Å². The van der Waals surface area contributed by atoms with Gasteiger partial charge in [-0.25, -0.2) is 0 Å². The van der Waals surface area contributed by atoms with Crippen LogP contribution in [0.1, 0.15) is 60.9 Å². The molecule has 1 saturated heterocycles. The first-order valence-electron chi connectivity index (χ1n) is 9.37. The highest BCUT2D eigenvalue weighted by Crippen LogP contribution is 2.22. The largest absolute Gasteiger partial charge is 0.486 e. The average Bonchev–Trinajstić information content (AvgIpc) is 3.36. The lowest BCUT2D eigenvalue weighted by Crippen LogP contribution is -2.31. The molecule has 1 aromatic carbocycles. The van der Waals surface area contributed by atoms with Crippen LogP contribution < -0.4 is 10.1 Å². The molecule has 2 heterocycles. The lowest BCUT2D eigenvalue weighted by Gasteiger charge is -2.10. The summed E-state index contributed by atoms with van der Waals surface area (Å²) >= 11 is 0. The molecule has 1 aliphatic rings. The molecule has 0 spiro atoms. The van der Waals surface area contributed by atoms with Crippen molar-refractivity contribution in [3.05, 3.63) is 53.5 Å². The fourth-order valence-electron chi connectivity index (χ4n) is 2.96. The third-order valence-corrected chi connectivity index (χ3v) is 4.84. The zero-order valence-electron chi connectivity index (χ0n) is 15.5. The van der Waals surface area contributed by atoms with Crippen LogP contribution in [0.3, 0.4) is 0 Å². The van der Waals surface area contributed by atoms with E-state index in [2.05, 4.69) is 31.3 Å². The highest BCUT2D eigenvalue weighted by atomic mass is 16.5. The number of nitrogens with one attached hydrogen (secondary N) is 1. The van der Waals surface area contributed by atoms with E-state index in [1.165, 1.54) is 5.56 Å². The van der Waals surface area contributed by atoms with Crippen LogP contribution in [0.25, 0.3) is 0 Å². The van der Waals surface area contributed by atoms with Gasteiger partial charge in [0.1, 0.15) is 18.1 Å². The van der Waals surface area contributed by atoms with E-state index in [0.717, 1.165) is 31.6 Å². The van der Waals surface area contributed by atoms with Crippen LogP contribution in [0.2, 0.25) is 0 Å². The maximum absolute atomic E-state index is 12.1. The maximum atomic E-state index is 12.1. The van der Waals surface area contributed by atoms with Gasteiger partial charge in [-0.1, -0.05) is 26.0 Å². The van der Waals surface area contributed by atoms with Gasteiger partial charge in [0.25, 0.3) is 5.91 Å². The van der Waals surface area contributed by atoms with Gasteiger partial charge in [0.15, 0.2) is 5.76 Å². The number of benzene rings is 1. The highest BCUT2D eigenvalue weighted by Gasteiger charge is 2.18. The second-order valence-electron chi connectivity index (χ2n) is 6.78. The lowest BCUT2D eigenvalue weighted by atomic mass is 9.99. The van der Waals surface area contributed by atoms with Crippen LogP contribution in [0.15, 0.2) is 40.8 Å². The highest BCUT2D eigenvalue weighted by molar-refractivity contribution is 5.91. The molecule has 0 radical (unpaired) electrons. The Hall–Kier alpha value is -2.27. The van der Waals surface area contributed by atoms with Crippen molar-refractivity contribution in [3.63, 3.8) is 0 Å². The van der Waals surface area contributed by atoms with E-state index in [1.807, 2.05) is 12.1 Å². The Kier molecular flexibility index (Phi) is 6.34. The fraction of sp³-hybridized carbons (Fsp3) is 0.476. The number of rotatable bonds is 8. The number of ether oxygens (including phenoxy) is 2. The van der Waals surface area contributed by atoms with Crippen LogP contribution >= 0.6 is 0 Å². The summed E-state index contributed by atoms with van der Waals surface area (Å²) in [7, 11) is 0. The SMILES string of the molecule is CCC(C)c1ccc(OCc2ccc(C(=O)NCC3CCCO3)o2)cc1. The van der Waals surface area contributed by atoms with Gasteiger partial charge in [-0.15, -0.1) is 0 Å². The molecule has 0 aliphatic carbocycles. The molecule has 0 bridgehead atoms. The summed E-state index contributed by atoms with van der Waals surface area (Å²) in [5.74, 6) is 2.04. The van der Waals surface area contributed by atoms with Gasteiger partial charge >= 0.3 is 0 Å². The minimum atomic E-state index is -0.218. The van der Waals surface area contributed by atoms with E-state index in [1.54, 1.807) is 12.1 Å². The Morgan fingerprint density at radius 3 is 2.77 bits per heavy atom. The Morgan fingerprint density at radius 2 is 2.08 bits per heavy atom. The first-order chi connectivity index (χ1) is 12.7. The average molecular weight is 357 g/mol. The Balaban J connectivity index is 1.47. The van der Waals surface area contributed by atoms with Crippen LogP contribution in [0.5, 0.6) is 5.75 Å². The van der Waals surface area contributed by atoms with Crippen LogP contribution in [0.4, 0.5) is 0 Å². The Bertz CT molecular complexity index is 701. The predicted molar refractivity (Wildman–Crippen MR) is 99.5 cm³/mol. The number of amides is 1. The molecule has 1 N–H and O–H groups in total. The third kappa shape index (κ3) is 4.88. The molecule has 3 rings (SSSR count). The summed E-state index contributed by atoms with van der Waals surface area (Å²) < 4.78 is 16.8. The molecule has 1 fully saturated rings. The number of carbonyl (C=O) groups excluding carboxylic acids is 1. The van der Waals surface area contributed by atoms with Crippen molar-refractivity contribution in [1.29, 1.82) is 0 Å². The normalized spacial score (nSPS) is 17.8. The van der Waals surface area contributed by atoms with Crippen LogP contribution in [0, 0.1) is 0 Å². The van der Waals surface area contributed by atoms with Crippen molar-refractivity contribution in [2.75, 3.05) is 13.2 Å². The summed E-state index contributed by atoms with van der Waals surface area (Å²) in [6.45, 7) is 5.99. The standard InChI is InChI=1S/C21H27NO4/c1-3-15(2)16-6-8-17(9-7-16)25-14-19-10-11-20(26-19)21(23)22-13-18-5-4-12-24-18/h6-11,15,18H,3-5,12-14H2,1-2H3,(H,22,23). The minimum Gasteiger partial charge on any atom is -0.486 e. The predicted octanol–water partition coefficient (Wildman–Crippen LogP) is 4.28. The van der Waals surface area contributed by atoms with E-state index < -0.39 is 0 Å². The molecule has 26 heavy (non-hydrogen) atoms. The minimum absolute atomic E-state index is 0.120. The van der Waals surface area contributed by atoms with Gasteiger partial charge in [-0.05, 0) is 55.0 Å². The molecule has 1 aliphatic heterocycles. The second-order valence-corrected chi connectivity index (χ2v) is 6.78. The van der Waals surface area contributed by atoms with Crippen LogP contribution in [-0.2, 0) is 11.3 Å². The Labute approximate surface area is 154 Å². The smallest absolute Gasteiger partial charge is 0.287 e. The molecule has 2 atom stereocenters. The molecule has 5 nitrogen and oxygen atoms in total. The first-order valence-corrected chi connectivity index (χ1v) is 9.37. The van der Waals surface area contributed by atoms with Crippen molar-refractivity contribution in [2.45, 2.75) is 51.7 Å². The van der Waals surface area contributed by atoms with Crippen molar-refractivity contribution < 1.29 is 18.7 Å². The Morgan fingerprint density at radius 1 is 1.27 bits per heavy atom. The third-order valence-electron chi connectivity index (χ3n) is 4.84. The van der Waals surface area contributed by atoms with Gasteiger partial charge < -0.3 is 19.2 Å². The summed E-state index contributed by atoms with van der Waals surface area (Å²) in [5.41, 5.74) is 1.31. The number of hydrogen-bond acceptors (Lipinski definition) is 4. The van der Waals surface area contributed by atoms with E-state index in [0.29, 0.717) is 30.6 Å². The molecule has 1 aromatic heterocycles. The van der Waals surface area contributed by atoms with E-state index in [-0.39, 0.29) is 12.0 Å². The van der Waals surface area contributed by atoms with Gasteiger partial charge in [-0.3, -0.25) is 4.79 Å². The number of carbonyl (C=O) groups is 1. The zero-order valence-corrected chi connectivity index (χ0v) is 15.5. The number of furan rings is 1. The summed E-state index contributed by atoms with van der Waals surface area (Å²) in [6.07, 6.45) is 3.29. The van der Waals surface area contributed by atoms with Crippen molar-refractivity contribution in [1.82, 2.24) is 5.32 Å². The number of hydrogen-bond donors (Lipinski definition) is 1. The van der Waals surface area contributed by atoms with Gasteiger partial charge in [0, 0.05) is 13.2 Å². The van der Waals surface area contributed by atoms with Crippen molar-refractivity contribution in [2.24, 2.45) is 0 Å². The van der Waals surface area contributed by atoms with Gasteiger partial charge in [0.05, 0.1) is 6.10 Å². The lowest BCUT2D eigenvalue weighted by molar-refractivity contribution is 0.0832. The molecule has 2 aromatic rings. The molecule has 2 unspecified atom stereocenters. The molecular formula is C21H27NO4. The quantitative estimate of drug-likeness (QED) is 0.766. The van der Waals surface area contributed by atoms with E-state index >= 15 is 0 Å². The molecule has 5 heteroatoms. The van der Waals surface area contributed by atoms with E-state index in [4.69, 9.17) is 13.9 Å². The summed E-state index contributed by atoms with van der Waals surface area (Å²) in [5, 5.41) is 2.85. The zero-order chi connectivity index (χ0) is 18.4.